The topological polar surface area (TPSA) is 93.8 Å². The van der Waals surface area contributed by atoms with Crippen LogP contribution in [0.5, 0.6) is 0 Å². The Hall–Kier alpha value is -1.48. The van der Waals surface area contributed by atoms with Gasteiger partial charge in [-0.05, 0) is 10.4 Å². The largest absolute Gasteiger partial charge is 0.476 e. The number of carbonyl (C=O) groups is 1. The predicted octanol–water partition coefficient (Wildman–Crippen LogP) is 0.657. The second-order valence-corrected chi connectivity index (χ2v) is 4.62. The van der Waals surface area contributed by atoms with Crippen LogP contribution in [0.1, 0.15) is 15.5 Å². The van der Waals surface area contributed by atoms with Crippen molar-refractivity contribution in [3.8, 4) is 0 Å². The predicted molar refractivity (Wildman–Crippen MR) is 57.4 cm³/mol. The molecule has 1 N–H and O–H groups in total. The Morgan fingerprint density at radius 2 is 2.50 bits per heavy atom. The molecule has 2 aromatic heterocycles. The van der Waals surface area contributed by atoms with Crippen LogP contribution < -0.4 is 0 Å². The summed E-state index contributed by atoms with van der Waals surface area (Å²) in [5, 5.41) is 22.2. The van der Waals surface area contributed by atoms with E-state index < -0.39 is 5.97 Å². The summed E-state index contributed by atoms with van der Waals surface area (Å²) in [6.07, 6.45) is 0. The number of carboxylic acid groups (broad SMARTS) is 1. The lowest BCUT2D eigenvalue weighted by molar-refractivity contribution is 0.0696. The maximum atomic E-state index is 10.6. The number of tetrazole rings is 1. The van der Waals surface area contributed by atoms with Gasteiger partial charge in [0.05, 0.1) is 5.69 Å². The zero-order valence-electron chi connectivity index (χ0n) is 8.19. The molecule has 7 nitrogen and oxygen atoms in total. The van der Waals surface area contributed by atoms with Crippen molar-refractivity contribution in [2.75, 3.05) is 0 Å². The summed E-state index contributed by atoms with van der Waals surface area (Å²) >= 11 is 2.53. The van der Waals surface area contributed by atoms with Crippen molar-refractivity contribution < 1.29 is 9.90 Å². The highest BCUT2D eigenvalue weighted by Gasteiger charge is 2.10. The van der Waals surface area contributed by atoms with Crippen molar-refractivity contribution in [1.29, 1.82) is 0 Å². The fourth-order valence-corrected chi connectivity index (χ4v) is 2.46. The highest BCUT2D eigenvalue weighted by Crippen LogP contribution is 2.20. The molecule has 0 aliphatic carbocycles. The van der Waals surface area contributed by atoms with Crippen LogP contribution in [0.25, 0.3) is 0 Å². The molecular weight excluding hydrogens is 250 g/mol. The average Bonchev–Trinajstić information content (AvgIpc) is 2.83. The van der Waals surface area contributed by atoms with E-state index in [2.05, 4.69) is 20.5 Å². The van der Waals surface area contributed by atoms with E-state index in [1.807, 2.05) is 0 Å². The van der Waals surface area contributed by atoms with Gasteiger partial charge in [-0.2, -0.15) is 0 Å². The maximum Gasteiger partial charge on any atom is 0.365 e. The molecule has 0 aliphatic heterocycles. The molecule has 0 aliphatic rings. The zero-order chi connectivity index (χ0) is 11.5. The summed E-state index contributed by atoms with van der Waals surface area (Å²) in [6, 6.07) is 0. The summed E-state index contributed by atoms with van der Waals surface area (Å²) in [5.41, 5.74) is 0.718. The number of carboxylic acids is 1. The molecule has 2 aromatic rings. The molecule has 0 radical (unpaired) electrons. The molecule has 0 bridgehead atoms. The second-order valence-electron chi connectivity index (χ2n) is 2.82. The third-order valence-corrected chi connectivity index (χ3v) is 3.59. The molecule has 0 aromatic carbocycles. The van der Waals surface area contributed by atoms with E-state index in [1.165, 1.54) is 11.8 Å². The van der Waals surface area contributed by atoms with Crippen LogP contribution in [-0.4, -0.2) is 36.3 Å². The standard InChI is InChI=1S/C7H7N5O2S2/c1-12-7(9-10-11-12)16-3-4-2-15-5(8-4)6(13)14/h2H,3H2,1H3,(H,13,14). The fourth-order valence-electron chi connectivity index (χ4n) is 0.954. The van der Waals surface area contributed by atoms with Gasteiger partial charge in [0.1, 0.15) is 0 Å². The summed E-state index contributed by atoms with van der Waals surface area (Å²) in [4.78, 5) is 14.6. The van der Waals surface area contributed by atoms with Crippen LogP contribution in [0.15, 0.2) is 10.5 Å². The number of aromatic carboxylic acids is 1. The quantitative estimate of drug-likeness (QED) is 0.804. The van der Waals surface area contributed by atoms with E-state index in [0.717, 1.165) is 17.0 Å². The molecule has 0 saturated heterocycles. The van der Waals surface area contributed by atoms with Gasteiger partial charge in [-0.3, -0.25) is 0 Å². The van der Waals surface area contributed by atoms with Crippen molar-refractivity contribution in [2.45, 2.75) is 10.9 Å². The molecule has 0 saturated carbocycles. The number of nitrogens with zero attached hydrogens (tertiary/aromatic N) is 5. The summed E-state index contributed by atoms with van der Waals surface area (Å²) in [7, 11) is 1.74. The molecule has 2 heterocycles. The molecule has 16 heavy (non-hydrogen) atoms. The van der Waals surface area contributed by atoms with Crippen molar-refractivity contribution >= 4 is 29.1 Å². The van der Waals surface area contributed by atoms with Crippen LogP contribution in [0.2, 0.25) is 0 Å². The SMILES string of the molecule is Cn1nnnc1SCc1csc(C(=O)O)n1. The molecular formula is C7H7N5O2S2. The number of thioether (sulfide) groups is 1. The Bertz CT molecular complexity index is 508. The zero-order valence-corrected chi connectivity index (χ0v) is 9.83. The number of thiazole rings is 1. The first-order valence-corrected chi connectivity index (χ1v) is 6.06. The smallest absolute Gasteiger partial charge is 0.365 e. The molecule has 0 fully saturated rings. The first-order valence-electron chi connectivity index (χ1n) is 4.19. The molecule has 0 amide bonds. The van der Waals surface area contributed by atoms with Crippen molar-refractivity contribution in [2.24, 2.45) is 7.05 Å². The van der Waals surface area contributed by atoms with Crippen LogP contribution in [0.3, 0.4) is 0 Å². The lowest BCUT2D eigenvalue weighted by atomic mass is 10.6. The van der Waals surface area contributed by atoms with Gasteiger partial charge in [0.2, 0.25) is 10.2 Å². The summed E-state index contributed by atoms with van der Waals surface area (Å²) in [6.45, 7) is 0. The first-order chi connectivity index (χ1) is 7.66. The first kappa shape index (κ1) is 11.0. The maximum absolute atomic E-state index is 10.6. The second kappa shape index (κ2) is 4.58. The van der Waals surface area contributed by atoms with Gasteiger partial charge in [0, 0.05) is 18.2 Å². The number of hydrogen-bond donors (Lipinski definition) is 1. The van der Waals surface area contributed by atoms with Gasteiger partial charge in [-0.1, -0.05) is 11.8 Å². The minimum atomic E-state index is -0.999. The van der Waals surface area contributed by atoms with E-state index in [9.17, 15) is 4.79 Å². The highest BCUT2D eigenvalue weighted by molar-refractivity contribution is 7.98. The number of aromatic nitrogens is 5. The minimum Gasteiger partial charge on any atom is -0.476 e. The third kappa shape index (κ3) is 2.36. The molecule has 0 unspecified atom stereocenters. The van der Waals surface area contributed by atoms with Crippen molar-refractivity contribution in [1.82, 2.24) is 25.2 Å². The van der Waals surface area contributed by atoms with Gasteiger partial charge in [0.25, 0.3) is 0 Å². The van der Waals surface area contributed by atoms with E-state index in [1.54, 1.807) is 17.1 Å². The van der Waals surface area contributed by atoms with Crippen LogP contribution in [-0.2, 0) is 12.8 Å². The minimum absolute atomic E-state index is 0.103. The van der Waals surface area contributed by atoms with Gasteiger partial charge >= 0.3 is 5.97 Å². The lowest BCUT2D eigenvalue weighted by Gasteiger charge is -1.95. The average molecular weight is 257 g/mol. The lowest BCUT2D eigenvalue weighted by Crippen LogP contribution is -1.96. The Balaban J connectivity index is 2.00. The molecule has 84 valence electrons. The summed E-state index contributed by atoms with van der Waals surface area (Å²) in [5.74, 6) is -0.445. The number of rotatable bonds is 4. The van der Waals surface area contributed by atoms with Gasteiger partial charge < -0.3 is 5.11 Å². The van der Waals surface area contributed by atoms with Gasteiger partial charge in [-0.25, -0.2) is 14.5 Å². The normalized spacial score (nSPS) is 10.6. The molecule has 9 heteroatoms. The van der Waals surface area contributed by atoms with E-state index >= 15 is 0 Å². The molecule has 0 spiro atoms. The van der Waals surface area contributed by atoms with E-state index in [4.69, 9.17) is 5.11 Å². The Morgan fingerprint density at radius 1 is 1.69 bits per heavy atom. The Morgan fingerprint density at radius 3 is 3.06 bits per heavy atom. The van der Waals surface area contributed by atoms with Crippen LogP contribution in [0.4, 0.5) is 0 Å². The van der Waals surface area contributed by atoms with Crippen molar-refractivity contribution in [3.63, 3.8) is 0 Å². The molecule has 0 atom stereocenters. The van der Waals surface area contributed by atoms with Crippen LogP contribution in [0, 0.1) is 0 Å². The molecule has 2 rings (SSSR count). The van der Waals surface area contributed by atoms with Crippen LogP contribution >= 0.6 is 23.1 Å². The number of aryl methyl sites for hydroxylation is 1. The van der Waals surface area contributed by atoms with E-state index in [0.29, 0.717) is 10.9 Å². The third-order valence-electron chi connectivity index (χ3n) is 1.67. The van der Waals surface area contributed by atoms with E-state index in [-0.39, 0.29) is 5.01 Å². The highest BCUT2D eigenvalue weighted by atomic mass is 32.2. The van der Waals surface area contributed by atoms with Gasteiger partial charge in [0.15, 0.2) is 0 Å². The fraction of sp³-hybridized carbons (Fsp3) is 0.286. The van der Waals surface area contributed by atoms with Crippen molar-refractivity contribution in [3.05, 3.63) is 16.1 Å². The Kier molecular flexibility index (Phi) is 3.15. The Labute approximate surface area is 98.5 Å². The summed E-state index contributed by atoms with van der Waals surface area (Å²) < 4.78 is 1.55. The monoisotopic (exact) mass is 257 g/mol. The van der Waals surface area contributed by atoms with Gasteiger partial charge in [-0.15, -0.1) is 16.4 Å². The number of hydrogen-bond acceptors (Lipinski definition) is 7.